The normalized spacial score (nSPS) is 15.3. The summed E-state index contributed by atoms with van der Waals surface area (Å²) in [6.07, 6.45) is 4.83. The number of anilines is 1. The fourth-order valence-corrected chi connectivity index (χ4v) is 3.82. The third-order valence-corrected chi connectivity index (χ3v) is 5.63. The van der Waals surface area contributed by atoms with Gasteiger partial charge in [0.2, 0.25) is 0 Å². The van der Waals surface area contributed by atoms with E-state index in [1.54, 1.807) is 24.0 Å². The third-order valence-electron chi connectivity index (χ3n) is 4.91. The van der Waals surface area contributed by atoms with Crippen LogP contribution in [0.25, 0.3) is 11.3 Å². The van der Waals surface area contributed by atoms with Gasteiger partial charge in [-0.2, -0.15) is 0 Å². The first kappa shape index (κ1) is 22.9. The number of halogens is 1. The van der Waals surface area contributed by atoms with Crippen LogP contribution in [0, 0.1) is 5.82 Å². The molecule has 31 heavy (non-hydrogen) atoms. The molecule has 1 atom stereocenters. The molecule has 164 valence electrons. The summed E-state index contributed by atoms with van der Waals surface area (Å²) >= 11 is 1.67. The third kappa shape index (κ3) is 5.28. The highest BCUT2D eigenvalue weighted by Gasteiger charge is 2.19. The number of benzene rings is 2. The van der Waals surface area contributed by atoms with Crippen LogP contribution in [0.15, 0.2) is 47.5 Å². The summed E-state index contributed by atoms with van der Waals surface area (Å²) in [5, 5.41) is 0. The summed E-state index contributed by atoms with van der Waals surface area (Å²) in [5.74, 6) is 0.664. The first-order valence-electron chi connectivity index (χ1n) is 10.4. The molecule has 0 spiro atoms. The lowest BCUT2D eigenvalue weighted by molar-refractivity contribution is 0.208. The summed E-state index contributed by atoms with van der Waals surface area (Å²) in [6, 6.07) is 10.8. The van der Waals surface area contributed by atoms with Crippen molar-refractivity contribution in [2.75, 3.05) is 18.6 Å². The Kier molecular flexibility index (Phi) is 7.74. The first-order valence-corrected chi connectivity index (χ1v) is 11.7. The van der Waals surface area contributed by atoms with Gasteiger partial charge in [0.25, 0.3) is 5.88 Å². The highest BCUT2D eigenvalue weighted by atomic mass is 32.2. The van der Waals surface area contributed by atoms with Crippen molar-refractivity contribution in [2.45, 2.75) is 44.6 Å². The summed E-state index contributed by atoms with van der Waals surface area (Å²) in [4.78, 5) is 10.1. The van der Waals surface area contributed by atoms with Gasteiger partial charge in [-0.15, -0.1) is 11.8 Å². The average Bonchev–Trinajstić information content (AvgIpc) is 2.80. The van der Waals surface area contributed by atoms with E-state index in [-0.39, 0.29) is 17.5 Å². The molecule has 2 heterocycles. The van der Waals surface area contributed by atoms with Crippen molar-refractivity contribution in [3.8, 4) is 22.9 Å². The summed E-state index contributed by atoms with van der Waals surface area (Å²) in [6.45, 7) is 6.33. The second kappa shape index (κ2) is 10.5. The molecule has 0 saturated heterocycles. The number of nitrogens with zero attached hydrogens (tertiary/aromatic N) is 2. The van der Waals surface area contributed by atoms with Crippen LogP contribution in [-0.4, -0.2) is 22.8 Å². The average molecular weight is 442 g/mol. The van der Waals surface area contributed by atoms with E-state index in [4.69, 9.17) is 15.2 Å². The fourth-order valence-electron chi connectivity index (χ4n) is 3.38. The van der Waals surface area contributed by atoms with Crippen molar-refractivity contribution in [2.24, 2.45) is 0 Å². The number of rotatable bonds is 1. The first-order chi connectivity index (χ1) is 15.0. The second-order valence-electron chi connectivity index (χ2n) is 6.86. The number of ether oxygens (including phenoxy) is 2. The summed E-state index contributed by atoms with van der Waals surface area (Å²) in [5.41, 5.74) is 9.50. The van der Waals surface area contributed by atoms with E-state index in [9.17, 15) is 4.39 Å². The highest BCUT2D eigenvalue weighted by molar-refractivity contribution is 7.98. The standard InChI is InChI=1S/C22H22FN3O2S.C2H6/c1-13-17-10-15(23)6-8-20(17)27-9-3-4-14-5-7-16(29-2)11-18(14)19-12-25-21(24)22(26-19)28-13;1-2/h5-8,10-13H,3-4,9H2,1-2H3,(H2,24,25);1-2H3. The minimum atomic E-state index is -0.509. The lowest BCUT2D eigenvalue weighted by atomic mass is 10.0. The Bertz CT molecular complexity index is 1050. The van der Waals surface area contributed by atoms with Crippen molar-refractivity contribution in [1.82, 2.24) is 9.97 Å². The molecule has 0 fully saturated rings. The number of nitrogens with two attached hydrogens (primary N) is 1. The monoisotopic (exact) mass is 441 g/mol. The molecular weight excluding hydrogens is 413 g/mol. The number of hydrogen-bond donors (Lipinski definition) is 1. The lowest BCUT2D eigenvalue weighted by Crippen LogP contribution is -2.10. The largest absolute Gasteiger partial charge is 0.493 e. The molecule has 1 aromatic heterocycles. The molecule has 2 N–H and O–H groups in total. The Labute approximate surface area is 187 Å². The molecule has 5 nitrogen and oxygen atoms in total. The van der Waals surface area contributed by atoms with Crippen molar-refractivity contribution in [3.05, 3.63) is 59.5 Å². The second-order valence-corrected chi connectivity index (χ2v) is 7.74. The van der Waals surface area contributed by atoms with Crippen LogP contribution in [0.3, 0.4) is 0 Å². The zero-order chi connectivity index (χ0) is 22.4. The number of aryl methyl sites for hydroxylation is 1. The van der Waals surface area contributed by atoms with E-state index in [1.807, 2.05) is 27.0 Å². The quantitative estimate of drug-likeness (QED) is 0.462. The maximum atomic E-state index is 13.9. The SMILES string of the molecule is CC.CSc1ccc2c(c1)-c1cnc(N)c(n1)OC(C)c1cc(F)ccc1OCCC2. The lowest BCUT2D eigenvalue weighted by Gasteiger charge is -2.19. The van der Waals surface area contributed by atoms with E-state index in [2.05, 4.69) is 28.2 Å². The van der Waals surface area contributed by atoms with Crippen molar-refractivity contribution >= 4 is 17.6 Å². The topological polar surface area (TPSA) is 70.3 Å². The fraction of sp³-hybridized carbons (Fsp3) is 0.333. The number of hydrogen-bond acceptors (Lipinski definition) is 6. The molecule has 1 unspecified atom stereocenters. The number of nitrogen functional groups attached to an aromatic ring is 1. The van der Waals surface area contributed by atoms with Gasteiger partial charge in [-0.1, -0.05) is 19.9 Å². The number of thioether (sulfide) groups is 1. The molecule has 0 saturated carbocycles. The molecule has 7 heteroatoms. The van der Waals surface area contributed by atoms with Gasteiger partial charge in [0.15, 0.2) is 5.82 Å². The molecule has 1 aliphatic heterocycles. The number of fused-ring (bicyclic) bond motifs is 5. The van der Waals surface area contributed by atoms with E-state index < -0.39 is 6.10 Å². The van der Waals surface area contributed by atoms with Gasteiger partial charge >= 0.3 is 0 Å². The molecule has 0 radical (unpaired) electrons. The van der Waals surface area contributed by atoms with Crippen LogP contribution < -0.4 is 15.2 Å². The Morgan fingerprint density at radius 1 is 1.16 bits per heavy atom. The summed E-state index contributed by atoms with van der Waals surface area (Å²) in [7, 11) is 0. The molecule has 2 aromatic carbocycles. The van der Waals surface area contributed by atoms with Gasteiger partial charge in [0, 0.05) is 16.0 Å². The van der Waals surface area contributed by atoms with Crippen molar-refractivity contribution in [1.29, 1.82) is 0 Å². The molecule has 4 rings (SSSR count). The smallest absolute Gasteiger partial charge is 0.258 e. The van der Waals surface area contributed by atoms with Crippen LogP contribution in [0.2, 0.25) is 0 Å². The van der Waals surface area contributed by atoms with Crippen molar-refractivity contribution < 1.29 is 13.9 Å². The van der Waals surface area contributed by atoms with E-state index in [1.165, 1.54) is 12.1 Å². The van der Waals surface area contributed by atoms with Crippen molar-refractivity contribution in [3.63, 3.8) is 0 Å². The number of aromatic nitrogens is 2. The molecule has 3 aromatic rings. The zero-order valence-corrected chi connectivity index (χ0v) is 19.1. The van der Waals surface area contributed by atoms with Crippen LogP contribution >= 0.6 is 11.8 Å². The molecular formula is C24H28FN3O2S. The Hall–Kier alpha value is -2.80. The predicted octanol–water partition coefficient (Wildman–Crippen LogP) is 6.08. The molecule has 2 bridgehead atoms. The maximum absolute atomic E-state index is 13.9. The molecule has 1 aliphatic rings. The van der Waals surface area contributed by atoms with Gasteiger partial charge < -0.3 is 15.2 Å². The Balaban J connectivity index is 0.00000132. The maximum Gasteiger partial charge on any atom is 0.258 e. The predicted molar refractivity (Wildman–Crippen MR) is 124 cm³/mol. The zero-order valence-electron chi connectivity index (χ0n) is 18.3. The highest BCUT2D eigenvalue weighted by Crippen LogP contribution is 2.34. The molecule has 0 amide bonds. The molecule has 0 aliphatic carbocycles. The van der Waals surface area contributed by atoms with Crippen LogP contribution in [0.5, 0.6) is 11.6 Å². The Morgan fingerprint density at radius 2 is 1.97 bits per heavy atom. The van der Waals surface area contributed by atoms with Crippen LogP contribution in [0.1, 0.15) is 44.4 Å². The van der Waals surface area contributed by atoms with Crippen LogP contribution in [0.4, 0.5) is 10.2 Å². The van der Waals surface area contributed by atoms with Gasteiger partial charge in [-0.05, 0) is 61.9 Å². The minimum Gasteiger partial charge on any atom is -0.493 e. The van der Waals surface area contributed by atoms with E-state index in [0.717, 1.165) is 28.9 Å². The van der Waals surface area contributed by atoms with Gasteiger partial charge in [-0.25, -0.2) is 14.4 Å². The Morgan fingerprint density at radius 3 is 2.74 bits per heavy atom. The van der Waals surface area contributed by atoms with E-state index >= 15 is 0 Å². The van der Waals surface area contributed by atoms with Gasteiger partial charge in [-0.3, -0.25) is 0 Å². The summed E-state index contributed by atoms with van der Waals surface area (Å²) < 4.78 is 25.8. The van der Waals surface area contributed by atoms with Gasteiger partial charge in [0.05, 0.1) is 18.5 Å². The van der Waals surface area contributed by atoms with E-state index in [0.29, 0.717) is 23.6 Å². The van der Waals surface area contributed by atoms with Gasteiger partial charge in [0.1, 0.15) is 17.7 Å². The minimum absolute atomic E-state index is 0.192. The van der Waals surface area contributed by atoms with Crippen LogP contribution in [-0.2, 0) is 6.42 Å².